The Morgan fingerprint density at radius 1 is 1.22 bits per heavy atom. The maximum Gasteiger partial charge on any atom is 0.341 e. The van der Waals surface area contributed by atoms with Crippen LogP contribution in [0.2, 0.25) is 0 Å². The molecule has 1 amide bonds. The Morgan fingerprint density at radius 2 is 1.91 bits per heavy atom. The number of halogens is 2. The van der Waals surface area contributed by atoms with Crippen LogP contribution in [0.4, 0.5) is 14.5 Å². The summed E-state index contributed by atoms with van der Waals surface area (Å²) < 4.78 is 53.7. The lowest BCUT2D eigenvalue weighted by molar-refractivity contribution is -0.111. The van der Waals surface area contributed by atoms with E-state index in [4.69, 9.17) is 4.42 Å². The third-order valence-corrected chi connectivity index (χ3v) is 4.28. The van der Waals surface area contributed by atoms with Gasteiger partial charge in [-0.2, -0.15) is 8.78 Å². The third kappa shape index (κ3) is 4.04. The van der Waals surface area contributed by atoms with Crippen molar-refractivity contribution in [2.45, 2.75) is 17.6 Å². The first-order chi connectivity index (χ1) is 10.8. The van der Waals surface area contributed by atoms with Crippen molar-refractivity contribution in [3.8, 4) is 0 Å². The van der Waals surface area contributed by atoms with Crippen molar-refractivity contribution in [1.82, 2.24) is 0 Å². The fraction of sp³-hybridized carbons (Fsp3) is 0.133. The maximum atomic E-state index is 12.7. The summed E-state index contributed by atoms with van der Waals surface area (Å²) in [5.74, 6) is -3.14. The first-order valence-electron chi connectivity index (χ1n) is 6.47. The number of hydrogen-bond acceptors (Lipinski definition) is 4. The fourth-order valence-corrected chi connectivity index (χ4v) is 2.68. The van der Waals surface area contributed by atoms with Gasteiger partial charge in [-0.25, -0.2) is 8.42 Å². The molecule has 122 valence electrons. The molecule has 0 fully saturated rings. The van der Waals surface area contributed by atoms with Gasteiger partial charge in [0.25, 0.3) is 0 Å². The van der Waals surface area contributed by atoms with Gasteiger partial charge in [0.1, 0.15) is 11.5 Å². The summed E-state index contributed by atoms with van der Waals surface area (Å²) >= 11 is 0. The second-order valence-electron chi connectivity index (χ2n) is 4.57. The molecule has 23 heavy (non-hydrogen) atoms. The summed E-state index contributed by atoms with van der Waals surface area (Å²) in [4.78, 5) is 11.2. The maximum absolute atomic E-state index is 12.7. The highest BCUT2D eigenvalue weighted by Crippen LogP contribution is 2.26. The lowest BCUT2D eigenvalue weighted by Gasteiger charge is -2.09. The van der Waals surface area contributed by atoms with E-state index >= 15 is 0 Å². The Kier molecular flexibility index (Phi) is 4.95. The van der Waals surface area contributed by atoms with Crippen molar-refractivity contribution in [3.05, 3.63) is 54.0 Å². The molecule has 1 aromatic heterocycles. The lowest BCUT2D eigenvalue weighted by Crippen LogP contribution is -2.16. The molecule has 0 spiro atoms. The second kappa shape index (κ2) is 6.74. The number of alkyl halides is 2. The van der Waals surface area contributed by atoms with Gasteiger partial charge in [0.2, 0.25) is 15.7 Å². The lowest BCUT2D eigenvalue weighted by atomic mass is 10.3. The first kappa shape index (κ1) is 16.9. The van der Waals surface area contributed by atoms with Crippen molar-refractivity contribution < 1.29 is 26.4 Å². The molecule has 0 atom stereocenters. The molecule has 0 aliphatic carbocycles. The number of aryl methyl sites for hydroxylation is 1. The topological polar surface area (TPSA) is 76.4 Å². The zero-order valence-corrected chi connectivity index (χ0v) is 12.8. The van der Waals surface area contributed by atoms with Crippen LogP contribution in [0.15, 0.2) is 51.8 Å². The van der Waals surface area contributed by atoms with E-state index in [1.165, 1.54) is 24.3 Å². The fourth-order valence-electron chi connectivity index (χ4n) is 1.79. The van der Waals surface area contributed by atoms with Gasteiger partial charge < -0.3 is 9.73 Å². The summed E-state index contributed by atoms with van der Waals surface area (Å²) in [5.41, 5.74) is -0.210. The van der Waals surface area contributed by atoms with Gasteiger partial charge in [0, 0.05) is 6.08 Å². The van der Waals surface area contributed by atoms with Crippen LogP contribution in [0.3, 0.4) is 0 Å². The van der Waals surface area contributed by atoms with Crippen LogP contribution >= 0.6 is 0 Å². The summed E-state index contributed by atoms with van der Waals surface area (Å²) in [7, 11) is -4.81. The summed E-state index contributed by atoms with van der Waals surface area (Å²) in [6.45, 7) is 1.74. The average Bonchev–Trinajstić information content (AvgIpc) is 2.91. The van der Waals surface area contributed by atoms with Crippen LogP contribution in [0.25, 0.3) is 6.08 Å². The Morgan fingerprint density at radius 3 is 2.52 bits per heavy atom. The molecule has 8 heteroatoms. The van der Waals surface area contributed by atoms with E-state index < -0.39 is 26.4 Å². The van der Waals surface area contributed by atoms with Crippen molar-refractivity contribution >= 4 is 27.5 Å². The summed E-state index contributed by atoms with van der Waals surface area (Å²) in [6, 6.07) is 8.33. The Balaban J connectivity index is 2.21. The normalized spacial score (nSPS) is 12.0. The Bertz CT molecular complexity index is 841. The predicted molar refractivity (Wildman–Crippen MR) is 80.7 cm³/mol. The SMILES string of the molecule is Cc1ccc(/C=C/C(=O)Nc2ccccc2S(=O)(=O)C(F)F)o1. The van der Waals surface area contributed by atoms with E-state index in [0.29, 0.717) is 11.5 Å². The Hall–Kier alpha value is -2.48. The number of furan rings is 1. The minimum atomic E-state index is -4.81. The molecule has 0 bridgehead atoms. The number of hydrogen-bond donors (Lipinski definition) is 1. The monoisotopic (exact) mass is 341 g/mol. The molecule has 0 saturated carbocycles. The number of sulfone groups is 1. The minimum absolute atomic E-state index is 0.210. The van der Waals surface area contributed by atoms with Gasteiger partial charge in [0.15, 0.2) is 0 Å². The van der Waals surface area contributed by atoms with E-state index in [2.05, 4.69) is 5.32 Å². The Labute approximate surface area is 131 Å². The van der Waals surface area contributed by atoms with Crippen molar-refractivity contribution in [2.75, 3.05) is 5.32 Å². The molecule has 2 aromatic rings. The molecule has 0 radical (unpaired) electrons. The van der Waals surface area contributed by atoms with Gasteiger partial charge in [-0.1, -0.05) is 12.1 Å². The molecule has 2 rings (SSSR count). The van der Waals surface area contributed by atoms with Crippen molar-refractivity contribution in [2.24, 2.45) is 0 Å². The second-order valence-corrected chi connectivity index (χ2v) is 6.46. The molecule has 0 unspecified atom stereocenters. The number of carbonyl (C=O) groups is 1. The number of anilines is 1. The van der Waals surface area contributed by atoms with Crippen LogP contribution in [0, 0.1) is 6.92 Å². The van der Waals surface area contributed by atoms with E-state index in [9.17, 15) is 22.0 Å². The van der Waals surface area contributed by atoms with Gasteiger partial charge in [-0.15, -0.1) is 0 Å². The van der Waals surface area contributed by atoms with E-state index in [-0.39, 0.29) is 5.69 Å². The molecule has 5 nitrogen and oxygen atoms in total. The van der Waals surface area contributed by atoms with Crippen LogP contribution in [-0.4, -0.2) is 20.1 Å². The molecule has 0 aliphatic rings. The largest absolute Gasteiger partial charge is 0.462 e. The predicted octanol–water partition coefficient (Wildman–Crippen LogP) is 3.24. The number of carbonyl (C=O) groups excluding carboxylic acids is 1. The highest BCUT2D eigenvalue weighted by atomic mass is 32.2. The number of benzene rings is 1. The van der Waals surface area contributed by atoms with E-state index in [0.717, 1.165) is 12.1 Å². The van der Waals surface area contributed by atoms with Gasteiger partial charge >= 0.3 is 5.76 Å². The van der Waals surface area contributed by atoms with Gasteiger partial charge in [0.05, 0.1) is 10.6 Å². The molecule has 1 aromatic carbocycles. The number of amides is 1. The van der Waals surface area contributed by atoms with E-state index in [1.807, 2.05) is 0 Å². The van der Waals surface area contributed by atoms with Crippen LogP contribution in [-0.2, 0) is 14.6 Å². The highest BCUT2D eigenvalue weighted by molar-refractivity contribution is 7.91. The number of nitrogens with one attached hydrogen (secondary N) is 1. The molecular weight excluding hydrogens is 328 g/mol. The number of rotatable bonds is 5. The summed E-state index contributed by atoms with van der Waals surface area (Å²) in [6.07, 6.45) is 2.50. The average molecular weight is 341 g/mol. The van der Waals surface area contributed by atoms with Crippen LogP contribution < -0.4 is 5.32 Å². The van der Waals surface area contributed by atoms with Crippen molar-refractivity contribution in [1.29, 1.82) is 0 Å². The molecule has 1 heterocycles. The molecular formula is C15H13F2NO4S. The molecule has 0 aliphatic heterocycles. The quantitative estimate of drug-likeness (QED) is 0.847. The summed E-state index contributed by atoms with van der Waals surface area (Å²) in [5, 5.41) is 2.27. The zero-order valence-electron chi connectivity index (χ0n) is 12.0. The zero-order chi connectivity index (χ0) is 17.0. The van der Waals surface area contributed by atoms with Gasteiger partial charge in [-0.3, -0.25) is 4.79 Å². The van der Waals surface area contributed by atoms with Crippen molar-refractivity contribution in [3.63, 3.8) is 0 Å². The third-order valence-electron chi connectivity index (χ3n) is 2.85. The van der Waals surface area contributed by atoms with Gasteiger partial charge in [-0.05, 0) is 37.3 Å². The van der Waals surface area contributed by atoms with Crippen LogP contribution in [0.5, 0.6) is 0 Å². The minimum Gasteiger partial charge on any atom is -0.462 e. The van der Waals surface area contributed by atoms with Crippen LogP contribution in [0.1, 0.15) is 11.5 Å². The highest BCUT2D eigenvalue weighted by Gasteiger charge is 2.29. The van der Waals surface area contributed by atoms with E-state index in [1.54, 1.807) is 19.1 Å². The molecule has 1 N–H and O–H groups in total. The standard InChI is InChI=1S/C15H13F2NO4S/c1-10-6-7-11(22-10)8-9-14(19)18-12-4-2-3-5-13(12)23(20,21)15(16)17/h2-9,15H,1H3,(H,18,19)/b9-8+. The smallest absolute Gasteiger partial charge is 0.341 e. The number of para-hydroxylation sites is 1. The first-order valence-corrected chi connectivity index (χ1v) is 8.02. The molecule has 0 saturated heterocycles.